The Balaban J connectivity index is 2.40. The fourth-order valence-electron chi connectivity index (χ4n) is 2.23. The molecule has 0 aromatic carbocycles. The molecule has 0 aromatic rings. The molecule has 0 spiro atoms. The van der Waals surface area contributed by atoms with E-state index in [4.69, 9.17) is 0 Å². The molecule has 1 aliphatic rings. The van der Waals surface area contributed by atoms with Gasteiger partial charge in [0.25, 0.3) is 0 Å². The fourth-order valence-corrected chi connectivity index (χ4v) is 2.23. The van der Waals surface area contributed by atoms with E-state index in [1.54, 1.807) is 0 Å². The molecule has 2 N–H and O–H groups in total. The SMILES string of the molecule is CCC1CN(CCC(C)O)C(CC)CN1. The smallest absolute Gasteiger partial charge is 0.0524 e. The summed E-state index contributed by atoms with van der Waals surface area (Å²) in [7, 11) is 0. The van der Waals surface area contributed by atoms with E-state index in [0.29, 0.717) is 12.1 Å². The number of nitrogens with one attached hydrogen (secondary N) is 1. The summed E-state index contributed by atoms with van der Waals surface area (Å²) in [5.74, 6) is 0. The monoisotopic (exact) mass is 214 g/mol. The third-order valence-corrected chi connectivity index (χ3v) is 3.41. The molecule has 0 saturated carbocycles. The van der Waals surface area contributed by atoms with Gasteiger partial charge in [-0.2, -0.15) is 0 Å². The summed E-state index contributed by atoms with van der Waals surface area (Å²) in [6.07, 6.45) is 3.12. The van der Waals surface area contributed by atoms with Gasteiger partial charge in [-0.1, -0.05) is 13.8 Å². The summed E-state index contributed by atoms with van der Waals surface area (Å²) in [6, 6.07) is 1.30. The van der Waals surface area contributed by atoms with E-state index < -0.39 is 0 Å². The van der Waals surface area contributed by atoms with Crippen LogP contribution in [0.1, 0.15) is 40.0 Å². The van der Waals surface area contributed by atoms with Gasteiger partial charge in [-0.05, 0) is 26.2 Å². The Morgan fingerprint density at radius 1 is 1.40 bits per heavy atom. The Bertz CT molecular complexity index is 173. The summed E-state index contributed by atoms with van der Waals surface area (Å²) >= 11 is 0. The zero-order chi connectivity index (χ0) is 11.3. The van der Waals surface area contributed by atoms with Crippen LogP contribution < -0.4 is 5.32 Å². The van der Waals surface area contributed by atoms with Crippen molar-refractivity contribution >= 4 is 0 Å². The lowest BCUT2D eigenvalue weighted by atomic mass is 10.0. The van der Waals surface area contributed by atoms with E-state index in [-0.39, 0.29) is 6.10 Å². The Morgan fingerprint density at radius 2 is 2.13 bits per heavy atom. The summed E-state index contributed by atoms with van der Waals surface area (Å²) in [6.45, 7) is 9.64. The first-order valence-corrected chi connectivity index (χ1v) is 6.32. The van der Waals surface area contributed by atoms with Crippen LogP contribution >= 0.6 is 0 Å². The van der Waals surface area contributed by atoms with Gasteiger partial charge in [0.1, 0.15) is 0 Å². The molecule has 1 fully saturated rings. The molecule has 0 bridgehead atoms. The maximum atomic E-state index is 9.32. The molecule has 3 heteroatoms. The molecule has 90 valence electrons. The van der Waals surface area contributed by atoms with Crippen molar-refractivity contribution in [1.82, 2.24) is 10.2 Å². The van der Waals surface area contributed by atoms with Gasteiger partial charge in [-0.25, -0.2) is 0 Å². The standard InChI is InChI=1S/C12H26N2O/c1-4-11-9-14(7-6-10(3)15)12(5-2)8-13-11/h10-13,15H,4-9H2,1-3H3. The fraction of sp³-hybridized carbons (Fsp3) is 1.00. The van der Waals surface area contributed by atoms with E-state index in [2.05, 4.69) is 24.1 Å². The Hall–Kier alpha value is -0.120. The minimum absolute atomic E-state index is 0.169. The van der Waals surface area contributed by atoms with Crippen LogP contribution in [-0.4, -0.2) is 47.8 Å². The van der Waals surface area contributed by atoms with Crippen molar-refractivity contribution in [3.63, 3.8) is 0 Å². The van der Waals surface area contributed by atoms with Crippen LogP contribution in [0.25, 0.3) is 0 Å². The normalized spacial score (nSPS) is 30.4. The largest absolute Gasteiger partial charge is 0.393 e. The van der Waals surface area contributed by atoms with Crippen molar-refractivity contribution in [2.75, 3.05) is 19.6 Å². The number of rotatable bonds is 5. The van der Waals surface area contributed by atoms with Crippen molar-refractivity contribution in [3.8, 4) is 0 Å². The highest BCUT2D eigenvalue weighted by atomic mass is 16.3. The zero-order valence-electron chi connectivity index (χ0n) is 10.4. The van der Waals surface area contributed by atoms with Crippen LogP contribution in [0.3, 0.4) is 0 Å². The van der Waals surface area contributed by atoms with E-state index in [1.807, 2.05) is 6.92 Å². The molecule has 0 aromatic heterocycles. The van der Waals surface area contributed by atoms with Gasteiger partial charge in [0, 0.05) is 31.7 Å². The summed E-state index contributed by atoms with van der Waals surface area (Å²) < 4.78 is 0. The summed E-state index contributed by atoms with van der Waals surface area (Å²) in [4.78, 5) is 2.54. The van der Waals surface area contributed by atoms with Crippen LogP contribution in [0, 0.1) is 0 Å². The predicted octanol–water partition coefficient (Wildman–Crippen LogP) is 1.22. The van der Waals surface area contributed by atoms with Gasteiger partial charge in [-0.15, -0.1) is 0 Å². The van der Waals surface area contributed by atoms with E-state index in [9.17, 15) is 5.11 Å². The number of aliphatic hydroxyl groups excluding tert-OH is 1. The van der Waals surface area contributed by atoms with Gasteiger partial charge < -0.3 is 10.4 Å². The van der Waals surface area contributed by atoms with Crippen molar-refractivity contribution in [1.29, 1.82) is 0 Å². The first-order chi connectivity index (χ1) is 7.17. The molecule has 3 nitrogen and oxygen atoms in total. The second kappa shape index (κ2) is 6.46. The molecule has 0 amide bonds. The maximum Gasteiger partial charge on any atom is 0.0524 e. The van der Waals surface area contributed by atoms with E-state index in [1.165, 1.54) is 12.8 Å². The second-order valence-electron chi connectivity index (χ2n) is 4.71. The first kappa shape index (κ1) is 12.9. The Kier molecular flexibility index (Phi) is 5.58. The van der Waals surface area contributed by atoms with Crippen LogP contribution in [0.2, 0.25) is 0 Å². The van der Waals surface area contributed by atoms with Gasteiger partial charge in [-0.3, -0.25) is 4.90 Å². The molecule has 1 rings (SSSR count). The van der Waals surface area contributed by atoms with Crippen LogP contribution in [0.4, 0.5) is 0 Å². The number of piperazine rings is 1. The number of hydrogen-bond donors (Lipinski definition) is 2. The number of aliphatic hydroxyl groups is 1. The lowest BCUT2D eigenvalue weighted by Gasteiger charge is -2.40. The molecular weight excluding hydrogens is 188 g/mol. The highest BCUT2D eigenvalue weighted by Gasteiger charge is 2.25. The molecule has 0 radical (unpaired) electrons. The molecule has 1 saturated heterocycles. The van der Waals surface area contributed by atoms with Crippen molar-refractivity contribution < 1.29 is 5.11 Å². The van der Waals surface area contributed by atoms with Crippen molar-refractivity contribution in [2.45, 2.75) is 58.2 Å². The predicted molar refractivity (Wildman–Crippen MR) is 64.0 cm³/mol. The highest BCUT2D eigenvalue weighted by molar-refractivity contribution is 4.84. The minimum atomic E-state index is -0.169. The quantitative estimate of drug-likeness (QED) is 0.722. The van der Waals surface area contributed by atoms with Gasteiger partial charge >= 0.3 is 0 Å². The molecule has 1 aliphatic heterocycles. The minimum Gasteiger partial charge on any atom is -0.393 e. The first-order valence-electron chi connectivity index (χ1n) is 6.32. The summed E-state index contributed by atoms with van der Waals surface area (Å²) in [5.41, 5.74) is 0. The Labute approximate surface area is 93.9 Å². The third-order valence-electron chi connectivity index (χ3n) is 3.41. The van der Waals surface area contributed by atoms with Gasteiger partial charge in [0.2, 0.25) is 0 Å². The molecule has 3 unspecified atom stereocenters. The van der Waals surface area contributed by atoms with Crippen molar-refractivity contribution in [3.05, 3.63) is 0 Å². The average Bonchev–Trinajstić information content (AvgIpc) is 2.25. The molecule has 0 aliphatic carbocycles. The topological polar surface area (TPSA) is 35.5 Å². The lowest BCUT2D eigenvalue weighted by Crippen LogP contribution is -2.56. The van der Waals surface area contributed by atoms with Gasteiger partial charge in [0.05, 0.1) is 6.10 Å². The molecule has 15 heavy (non-hydrogen) atoms. The molecular formula is C12H26N2O. The lowest BCUT2D eigenvalue weighted by molar-refractivity contribution is 0.0968. The highest BCUT2D eigenvalue weighted by Crippen LogP contribution is 2.12. The van der Waals surface area contributed by atoms with Crippen molar-refractivity contribution in [2.24, 2.45) is 0 Å². The number of nitrogens with zero attached hydrogens (tertiary/aromatic N) is 1. The summed E-state index contributed by atoms with van der Waals surface area (Å²) in [5, 5.41) is 12.9. The molecule has 3 atom stereocenters. The van der Waals surface area contributed by atoms with E-state index >= 15 is 0 Å². The second-order valence-corrected chi connectivity index (χ2v) is 4.71. The van der Waals surface area contributed by atoms with Gasteiger partial charge in [0.15, 0.2) is 0 Å². The third kappa shape index (κ3) is 4.09. The number of hydrogen-bond acceptors (Lipinski definition) is 3. The molecule has 1 heterocycles. The van der Waals surface area contributed by atoms with E-state index in [0.717, 1.165) is 26.1 Å². The average molecular weight is 214 g/mol. The van der Waals surface area contributed by atoms with Crippen LogP contribution in [0.15, 0.2) is 0 Å². The van der Waals surface area contributed by atoms with Crippen LogP contribution in [-0.2, 0) is 0 Å². The zero-order valence-corrected chi connectivity index (χ0v) is 10.4. The maximum absolute atomic E-state index is 9.32. The Morgan fingerprint density at radius 3 is 2.67 bits per heavy atom. The van der Waals surface area contributed by atoms with Crippen LogP contribution in [0.5, 0.6) is 0 Å².